The van der Waals surface area contributed by atoms with Crippen molar-refractivity contribution in [2.45, 2.75) is 19.9 Å². The van der Waals surface area contributed by atoms with Crippen LogP contribution in [0.4, 0.5) is 0 Å². The van der Waals surface area contributed by atoms with Crippen LogP contribution in [0.2, 0.25) is 0 Å². The highest BCUT2D eigenvalue weighted by molar-refractivity contribution is 5.26. The summed E-state index contributed by atoms with van der Waals surface area (Å²) in [6.45, 7) is 4.90. The molecule has 16 heavy (non-hydrogen) atoms. The molecule has 0 aliphatic heterocycles. The second kappa shape index (κ2) is 7.25. The second-order valence-electron chi connectivity index (χ2n) is 4.16. The second-order valence-corrected chi connectivity index (χ2v) is 4.16. The lowest BCUT2D eigenvalue weighted by atomic mass is 10.1. The predicted octanol–water partition coefficient (Wildman–Crippen LogP) is 1.77. The maximum atomic E-state index is 5.50. The van der Waals surface area contributed by atoms with E-state index in [9.17, 15) is 0 Å². The number of hydrogen-bond donors (Lipinski definition) is 2. The summed E-state index contributed by atoms with van der Waals surface area (Å²) in [4.78, 5) is 0. The number of ether oxygens (including phenoxy) is 1. The van der Waals surface area contributed by atoms with Gasteiger partial charge >= 0.3 is 0 Å². The van der Waals surface area contributed by atoms with Crippen LogP contribution in [0.25, 0.3) is 0 Å². The molecule has 0 fully saturated rings. The van der Waals surface area contributed by atoms with Gasteiger partial charge in [-0.3, -0.25) is 0 Å². The maximum absolute atomic E-state index is 5.50. The molecular formula is C13H22N2O. The minimum absolute atomic E-state index is 0.642. The quantitative estimate of drug-likeness (QED) is 0.739. The minimum atomic E-state index is 0.642. The molecule has 0 saturated carbocycles. The molecule has 3 nitrogen and oxygen atoms in total. The SMILES string of the molecule is COc1ccc(CNCC(C)CCN)cc1. The molecule has 1 aromatic rings. The minimum Gasteiger partial charge on any atom is -0.497 e. The van der Waals surface area contributed by atoms with Crippen molar-refractivity contribution >= 4 is 0 Å². The molecule has 0 amide bonds. The summed E-state index contributed by atoms with van der Waals surface area (Å²) in [6, 6.07) is 8.14. The zero-order valence-electron chi connectivity index (χ0n) is 10.2. The van der Waals surface area contributed by atoms with Gasteiger partial charge in [-0.2, -0.15) is 0 Å². The average Bonchev–Trinajstić information content (AvgIpc) is 2.30. The van der Waals surface area contributed by atoms with Gasteiger partial charge in [0.25, 0.3) is 0 Å². The topological polar surface area (TPSA) is 47.3 Å². The van der Waals surface area contributed by atoms with Crippen molar-refractivity contribution in [2.75, 3.05) is 20.2 Å². The fourth-order valence-corrected chi connectivity index (χ4v) is 1.59. The summed E-state index contributed by atoms with van der Waals surface area (Å²) >= 11 is 0. The molecule has 1 unspecified atom stereocenters. The summed E-state index contributed by atoms with van der Waals surface area (Å²) in [7, 11) is 1.68. The van der Waals surface area contributed by atoms with Gasteiger partial charge in [-0.1, -0.05) is 19.1 Å². The van der Waals surface area contributed by atoms with Crippen molar-refractivity contribution in [1.82, 2.24) is 5.32 Å². The van der Waals surface area contributed by atoms with Crippen molar-refractivity contribution in [1.29, 1.82) is 0 Å². The third-order valence-electron chi connectivity index (χ3n) is 2.64. The Morgan fingerprint density at radius 1 is 1.31 bits per heavy atom. The molecule has 3 N–H and O–H groups in total. The van der Waals surface area contributed by atoms with Gasteiger partial charge < -0.3 is 15.8 Å². The van der Waals surface area contributed by atoms with Crippen LogP contribution >= 0.6 is 0 Å². The lowest BCUT2D eigenvalue weighted by Gasteiger charge is -2.11. The van der Waals surface area contributed by atoms with Crippen molar-refractivity contribution in [2.24, 2.45) is 11.7 Å². The van der Waals surface area contributed by atoms with Crippen LogP contribution in [0.3, 0.4) is 0 Å². The molecular weight excluding hydrogens is 200 g/mol. The van der Waals surface area contributed by atoms with E-state index in [2.05, 4.69) is 24.4 Å². The van der Waals surface area contributed by atoms with E-state index < -0.39 is 0 Å². The van der Waals surface area contributed by atoms with E-state index in [-0.39, 0.29) is 0 Å². The Morgan fingerprint density at radius 3 is 2.56 bits per heavy atom. The smallest absolute Gasteiger partial charge is 0.118 e. The van der Waals surface area contributed by atoms with Crippen LogP contribution in [0, 0.1) is 5.92 Å². The van der Waals surface area contributed by atoms with Gasteiger partial charge in [0.05, 0.1) is 7.11 Å². The third kappa shape index (κ3) is 4.64. The maximum Gasteiger partial charge on any atom is 0.118 e. The summed E-state index contributed by atoms with van der Waals surface area (Å²) < 4.78 is 5.11. The normalized spacial score (nSPS) is 12.4. The molecule has 0 aliphatic carbocycles. The molecule has 0 bridgehead atoms. The molecule has 1 rings (SSSR count). The average molecular weight is 222 g/mol. The molecule has 0 radical (unpaired) electrons. The van der Waals surface area contributed by atoms with Crippen LogP contribution in [0.1, 0.15) is 18.9 Å². The Bertz CT molecular complexity index is 284. The highest BCUT2D eigenvalue weighted by atomic mass is 16.5. The van der Waals surface area contributed by atoms with Gasteiger partial charge in [0, 0.05) is 6.54 Å². The van der Waals surface area contributed by atoms with E-state index in [4.69, 9.17) is 10.5 Å². The molecule has 3 heteroatoms. The highest BCUT2D eigenvalue weighted by Crippen LogP contribution is 2.11. The van der Waals surface area contributed by atoms with E-state index in [0.717, 1.165) is 31.8 Å². The molecule has 1 atom stereocenters. The molecule has 0 aliphatic rings. The third-order valence-corrected chi connectivity index (χ3v) is 2.64. The largest absolute Gasteiger partial charge is 0.497 e. The Labute approximate surface area is 98.0 Å². The van der Waals surface area contributed by atoms with E-state index >= 15 is 0 Å². The molecule has 0 heterocycles. The van der Waals surface area contributed by atoms with Gasteiger partial charge in [0.15, 0.2) is 0 Å². The van der Waals surface area contributed by atoms with Crippen molar-refractivity contribution < 1.29 is 4.74 Å². The monoisotopic (exact) mass is 222 g/mol. The number of benzene rings is 1. The van der Waals surface area contributed by atoms with Crippen LogP contribution in [0.15, 0.2) is 24.3 Å². The van der Waals surface area contributed by atoms with Crippen molar-refractivity contribution in [3.63, 3.8) is 0 Å². The fourth-order valence-electron chi connectivity index (χ4n) is 1.59. The zero-order chi connectivity index (χ0) is 11.8. The molecule has 90 valence electrons. The van der Waals surface area contributed by atoms with Crippen molar-refractivity contribution in [3.8, 4) is 5.75 Å². The Hall–Kier alpha value is -1.06. The number of methoxy groups -OCH3 is 1. The fraction of sp³-hybridized carbons (Fsp3) is 0.538. The summed E-state index contributed by atoms with van der Waals surface area (Å²) in [5, 5.41) is 3.43. The molecule has 0 aromatic heterocycles. The van der Waals surface area contributed by atoms with Crippen molar-refractivity contribution in [3.05, 3.63) is 29.8 Å². The summed E-state index contributed by atoms with van der Waals surface area (Å²) in [5.41, 5.74) is 6.78. The predicted molar refractivity (Wildman–Crippen MR) is 67.5 cm³/mol. The number of rotatable bonds is 7. The number of hydrogen-bond acceptors (Lipinski definition) is 3. The molecule has 1 aromatic carbocycles. The van der Waals surface area contributed by atoms with E-state index in [0.29, 0.717) is 5.92 Å². The first kappa shape index (κ1) is 13.0. The first-order chi connectivity index (χ1) is 7.76. The summed E-state index contributed by atoms with van der Waals surface area (Å²) in [6.07, 6.45) is 1.08. The van der Waals surface area contributed by atoms with Crippen LogP contribution in [-0.4, -0.2) is 20.2 Å². The highest BCUT2D eigenvalue weighted by Gasteiger charge is 2.00. The Morgan fingerprint density at radius 2 is 2.00 bits per heavy atom. The summed E-state index contributed by atoms with van der Waals surface area (Å²) in [5.74, 6) is 1.54. The van der Waals surface area contributed by atoms with E-state index in [1.54, 1.807) is 7.11 Å². The number of nitrogens with one attached hydrogen (secondary N) is 1. The van der Waals surface area contributed by atoms with Crippen LogP contribution < -0.4 is 15.8 Å². The van der Waals surface area contributed by atoms with Gasteiger partial charge in [-0.25, -0.2) is 0 Å². The van der Waals surface area contributed by atoms with Gasteiger partial charge in [-0.05, 0) is 43.1 Å². The Kier molecular flexibility index (Phi) is 5.90. The van der Waals surface area contributed by atoms with E-state index in [1.165, 1.54) is 5.56 Å². The lowest BCUT2D eigenvalue weighted by molar-refractivity contribution is 0.414. The van der Waals surface area contributed by atoms with Gasteiger partial charge in [-0.15, -0.1) is 0 Å². The number of nitrogens with two attached hydrogens (primary N) is 1. The first-order valence-electron chi connectivity index (χ1n) is 5.80. The van der Waals surface area contributed by atoms with Gasteiger partial charge in [0.2, 0.25) is 0 Å². The first-order valence-corrected chi connectivity index (χ1v) is 5.80. The van der Waals surface area contributed by atoms with Gasteiger partial charge in [0.1, 0.15) is 5.75 Å². The standard InChI is InChI=1S/C13H22N2O/c1-11(7-8-14)9-15-10-12-3-5-13(16-2)6-4-12/h3-6,11,15H,7-10,14H2,1-2H3. The molecule has 0 spiro atoms. The van der Waals surface area contributed by atoms with E-state index in [1.807, 2.05) is 12.1 Å². The molecule has 0 saturated heterocycles. The van der Waals surface area contributed by atoms with Crippen LogP contribution in [-0.2, 0) is 6.54 Å². The Balaban J connectivity index is 2.26. The lowest BCUT2D eigenvalue weighted by Crippen LogP contribution is -2.22. The van der Waals surface area contributed by atoms with Crippen LogP contribution in [0.5, 0.6) is 5.75 Å². The zero-order valence-corrected chi connectivity index (χ0v) is 10.2.